The molecule has 216 valence electrons. The van der Waals surface area contributed by atoms with Crippen LogP contribution in [-0.4, -0.2) is 139 Å². The van der Waals surface area contributed by atoms with Gasteiger partial charge in [-0.05, 0) is 0 Å². The van der Waals surface area contributed by atoms with E-state index in [1.54, 1.807) is 0 Å². The second-order valence-electron chi connectivity index (χ2n) is 1.26. The Hall–Kier alpha value is -6.36. The fourth-order valence-corrected chi connectivity index (χ4v) is 0. The third-order valence-electron chi connectivity index (χ3n) is 0. The molecule has 0 heterocycles. The van der Waals surface area contributed by atoms with E-state index in [4.69, 9.17) is 119 Å². The van der Waals surface area contributed by atoms with Crippen molar-refractivity contribution in [3.63, 3.8) is 0 Å². The van der Waals surface area contributed by atoms with E-state index in [2.05, 4.69) is 0 Å². The van der Waals surface area contributed by atoms with Crippen molar-refractivity contribution >= 4 is 77.7 Å². The molecule has 0 saturated heterocycles. The van der Waals surface area contributed by atoms with E-state index in [1.165, 1.54) is 0 Å². The van der Waals surface area contributed by atoms with Gasteiger partial charge in [-0.2, -0.15) is 0 Å². The summed E-state index contributed by atoms with van der Waals surface area (Å²) in [6.45, 7) is -3.00. The second-order valence-corrected chi connectivity index (χ2v) is 1.26. The fourth-order valence-electron chi connectivity index (χ4n) is 0. The van der Waals surface area contributed by atoms with Gasteiger partial charge in [0.2, 0.25) is 0 Å². The number of hydrogen-bond acceptors (Lipinski definition) is 12. The predicted molar refractivity (Wildman–Crippen MR) is 104 cm³/mol. The number of carboxylic acid groups (broad SMARTS) is 12. The molecule has 0 rings (SSSR count). The minimum absolute atomic E-state index is 0.250. The summed E-state index contributed by atoms with van der Waals surface area (Å²) in [4.78, 5) is 100. The van der Waals surface area contributed by atoms with Crippen molar-refractivity contribution in [3.8, 4) is 0 Å². The summed E-state index contributed by atoms with van der Waals surface area (Å²) in [5.74, 6) is 0. The molecule has 0 unspecified atom stereocenters. The highest BCUT2D eigenvalue weighted by Crippen LogP contribution is 0.998. The SMILES string of the molecule is O=CO.O=CO.O=CO.O=CO.O=CO.O=CO.O=CO.O=CO.O=CO.O=CO.O=CO.O=CO. The van der Waals surface area contributed by atoms with Gasteiger partial charge in [-0.3, -0.25) is 57.5 Å². The highest BCUT2D eigenvalue weighted by Gasteiger charge is 1.25. The summed E-state index contributed by atoms with van der Waals surface area (Å²) in [5, 5.41) is 82.7. The Bertz CT molecular complexity index is 252. The standard InChI is InChI=1S/12CH2O2/c12*2-1-3/h12*1H,(H,2,3). The molecule has 0 atom stereocenters. The molecule has 36 heavy (non-hydrogen) atoms. The van der Waals surface area contributed by atoms with Gasteiger partial charge in [-0.15, -0.1) is 0 Å². The molecule has 0 aromatic heterocycles. The van der Waals surface area contributed by atoms with E-state index in [0.717, 1.165) is 0 Å². The van der Waals surface area contributed by atoms with Gasteiger partial charge < -0.3 is 61.3 Å². The highest BCUT2D eigenvalue weighted by molar-refractivity contribution is 5.34. The first kappa shape index (κ1) is 78.1. The van der Waals surface area contributed by atoms with E-state index in [1.807, 2.05) is 0 Å². The largest absolute Gasteiger partial charge is 0.483 e. The molecule has 0 radical (unpaired) electrons. The number of hydrogen-bond donors (Lipinski definition) is 12. The molecule has 12 N–H and O–H groups in total. The fraction of sp³-hybridized carbons (Fsp3) is 0. The topological polar surface area (TPSA) is 448 Å². The Morgan fingerprint density at radius 1 is 0.167 bits per heavy atom. The molecule has 0 aliphatic carbocycles. The summed E-state index contributed by atoms with van der Waals surface area (Å²) >= 11 is 0. The van der Waals surface area contributed by atoms with Crippen LogP contribution in [0.1, 0.15) is 0 Å². The Labute approximate surface area is 197 Å². The Kier molecular flexibility index (Phi) is 1490. The van der Waals surface area contributed by atoms with Gasteiger partial charge in [0.15, 0.2) is 0 Å². The van der Waals surface area contributed by atoms with Crippen molar-refractivity contribution in [2.24, 2.45) is 0 Å². The van der Waals surface area contributed by atoms with Crippen LogP contribution >= 0.6 is 0 Å². The quantitative estimate of drug-likeness (QED) is 0.129. The molecule has 0 fully saturated rings. The molecule has 0 aliphatic heterocycles. The van der Waals surface area contributed by atoms with Gasteiger partial charge >= 0.3 is 0 Å². The van der Waals surface area contributed by atoms with Crippen molar-refractivity contribution in [3.05, 3.63) is 0 Å². The summed E-state index contributed by atoms with van der Waals surface area (Å²) in [6.07, 6.45) is 0. The zero-order valence-electron chi connectivity index (χ0n) is 17.2. The zero-order valence-corrected chi connectivity index (χ0v) is 17.2. The number of carbonyl (C=O) groups is 12. The minimum atomic E-state index is -0.250. The highest BCUT2D eigenvalue weighted by atomic mass is 16.4. The number of rotatable bonds is 0. The Balaban J connectivity index is -0.0000000175. The summed E-state index contributed by atoms with van der Waals surface area (Å²) < 4.78 is 0. The van der Waals surface area contributed by atoms with Crippen LogP contribution in [0.2, 0.25) is 0 Å². The molecule has 0 spiro atoms. The normalized spacial score (nSPS) is 4.00. The molecular weight excluding hydrogens is 528 g/mol. The molecule has 0 saturated carbocycles. The summed E-state index contributed by atoms with van der Waals surface area (Å²) in [7, 11) is 0. The monoisotopic (exact) mass is 552 g/mol. The minimum Gasteiger partial charge on any atom is -0.483 e. The first-order valence-corrected chi connectivity index (χ1v) is 5.93. The second kappa shape index (κ2) is 688. The third-order valence-corrected chi connectivity index (χ3v) is 0. The third kappa shape index (κ3) is 485. The van der Waals surface area contributed by atoms with Gasteiger partial charge in [-0.1, -0.05) is 0 Å². The smallest absolute Gasteiger partial charge is 0.290 e. The van der Waals surface area contributed by atoms with Crippen molar-refractivity contribution < 1.29 is 119 Å². The molecule has 0 amide bonds. The van der Waals surface area contributed by atoms with E-state index >= 15 is 0 Å². The van der Waals surface area contributed by atoms with E-state index in [-0.39, 0.29) is 77.7 Å². The Morgan fingerprint density at radius 2 is 0.167 bits per heavy atom. The van der Waals surface area contributed by atoms with Gasteiger partial charge in [0.05, 0.1) is 0 Å². The lowest BCUT2D eigenvalue weighted by atomic mass is 11.7. The van der Waals surface area contributed by atoms with Crippen molar-refractivity contribution in [1.82, 2.24) is 0 Å². The van der Waals surface area contributed by atoms with E-state index < -0.39 is 0 Å². The average molecular weight is 552 g/mol. The van der Waals surface area contributed by atoms with Gasteiger partial charge in [-0.25, -0.2) is 0 Å². The summed E-state index contributed by atoms with van der Waals surface area (Å²) in [6, 6.07) is 0. The van der Waals surface area contributed by atoms with Crippen LogP contribution < -0.4 is 0 Å². The van der Waals surface area contributed by atoms with Crippen molar-refractivity contribution in [1.29, 1.82) is 0 Å². The van der Waals surface area contributed by atoms with Gasteiger partial charge in [0.25, 0.3) is 77.7 Å². The van der Waals surface area contributed by atoms with Crippen LogP contribution in [-0.2, 0) is 57.5 Å². The van der Waals surface area contributed by atoms with Crippen molar-refractivity contribution in [2.45, 2.75) is 0 Å². The van der Waals surface area contributed by atoms with E-state index in [9.17, 15) is 0 Å². The molecule has 0 aliphatic rings. The molecule has 0 aromatic carbocycles. The molecular formula is C12H24O24. The van der Waals surface area contributed by atoms with Crippen LogP contribution in [0, 0.1) is 0 Å². The lowest BCUT2D eigenvalue weighted by Gasteiger charge is -1.34. The maximum atomic E-state index is 8.36. The molecule has 24 heteroatoms. The van der Waals surface area contributed by atoms with Crippen LogP contribution in [0.25, 0.3) is 0 Å². The predicted octanol–water partition coefficient (Wildman–Crippen LogP) is -3.59. The average Bonchev–Trinajstić information content (AvgIpc) is 2.75. The first-order chi connectivity index (χ1) is 17.0. The molecule has 24 nitrogen and oxygen atoms in total. The van der Waals surface area contributed by atoms with Gasteiger partial charge in [0, 0.05) is 0 Å². The van der Waals surface area contributed by atoms with Crippen molar-refractivity contribution in [2.75, 3.05) is 0 Å². The molecule has 0 bridgehead atoms. The van der Waals surface area contributed by atoms with Crippen LogP contribution in [0.3, 0.4) is 0 Å². The van der Waals surface area contributed by atoms with Crippen LogP contribution in [0.4, 0.5) is 0 Å². The zero-order chi connectivity index (χ0) is 32.5. The maximum Gasteiger partial charge on any atom is 0.290 e. The molecule has 0 aromatic rings. The lowest BCUT2D eigenvalue weighted by molar-refractivity contribution is -0.123. The van der Waals surface area contributed by atoms with Crippen LogP contribution in [0.15, 0.2) is 0 Å². The maximum absolute atomic E-state index is 8.36. The van der Waals surface area contributed by atoms with Crippen LogP contribution in [0.5, 0.6) is 0 Å². The summed E-state index contributed by atoms with van der Waals surface area (Å²) in [5.41, 5.74) is 0. The first-order valence-electron chi connectivity index (χ1n) is 5.93. The lowest BCUT2D eigenvalue weighted by Crippen LogP contribution is -1.49. The Morgan fingerprint density at radius 3 is 0.167 bits per heavy atom. The van der Waals surface area contributed by atoms with E-state index in [0.29, 0.717) is 0 Å². The van der Waals surface area contributed by atoms with Gasteiger partial charge in [0.1, 0.15) is 0 Å².